The Labute approximate surface area is 122 Å². The van der Waals surface area contributed by atoms with Gasteiger partial charge in [-0.25, -0.2) is 0 Å². The van der Waals surface area contributed by atoms with Gasteiger partial charge < -0.3 is 10.6 Å². The van der Waals surface area contributed by atoms with Crippen LogP contribution < -0.4 is 10.6 Å². The van der Waals surface area contributed by atoms with Gasteiger partial charge in [0.05, 0.1) is 0 Å². The highest BCUT2D eigenvalue weighted by molar-refractivity contribution is 5.49. The molecule has 2 saturated heterocycles. The second-order valence-electron chi connectivity index (χ2n) is 6.37. The molecule has 0 spiro atoms. The number of hydrogen-bond donors (Lipinski definition) is 1. The molecule has 0 amide bonds. The maximum atomic E-state index is 5.92. The van der Waals surface area contributed by atoms with Gasteiger partial charge in [-0.3, -0.25) is 4.90 Å². The number of likely N-dealkylation sites (tertiary alicyclic amines) is 1. The third kappa shape index (κ3) is 2.99. The molecule has 3 nitrogen and oxygen atoms in total. The fourth-order valence-electron chi connectivity index (χ4n) is 3.55. The minimum Gasteiger partial charge on any atom is -0.370 e. The fraction of sp³-hybridized carbons (Fsp3) is 0.647. The molecule has 0 aromatic heterocycles. The molecular weight excluding hydrogens is 246 g/mol. The third-order valence-electron chi connectivity index (χ3n) is 4.85. The van der Waals surface area contributed by atoms with Gasteiger partial charge in [-0.1, -0.05) is 18.6 Å². The van der Waals surface area contributed by atoms with Crippen LogP contribution in [0.25, 0.3) is 0 Å². The van der Waals surface area contributed by atoms with E-state index in [1.54, 1.807) is 0 Å². The van der Waals surface area contributed by atoms with Crippen molar-refractivity contribution < 1.29 is 0 Å². The predicted octanol–water partition coefficient (Wildman–Crippen LogP) is 2.77. The first-order valence-electron chi connectivity index (χ1n) is 8.08. The zero-order chi connectivity index (χ0) is 13.9. The summed E-state index contributed by atoms with van der Waals surface area (Å²) in [4.78, 5) is 5.24. The molecule has 3 heteroatoms. The van der Waals surface area contributed by atoms with Crippen LogP contribution >= 0.6 is 0 Å². The molecule has 2 aliphatic heterocycles. The predicted molar refractivity (Wildman–Crippen MR) is 85.1 cm³/mol. The van der Waals surface area contributed by atoms with Crippen molar-refractivity contribution in [2.45, 2.75) is 44.7 Å². The molecule has 1 aromatic carbocycles. The Balaban J connectivity index is 1.61. The maximum absolute atomic E-state index is 5.92. The molecule has 3 rings (SSSR count). The van der Waals surface area contributed by atoms with E-state index < -0.39 is 0 Å². The van der Waals surface area contributed by atoms with E-state index in [0.29, 0.717) is 0 Å². The summed E-state index contributed by atoms with van der Waals surface area (Å²) in [6.07, 6.45) is 5.51. The van der Waals surface area contributed by atoms with Crippen LogP contribution in [0.4, 0.5) is 5.69 Å². The van der Waals surface area contributed by atoms with E-state index in [4.69, 9.17) is 5.73 Å². The summed E-state index contributed by atoms with van der Waals surface area (Å²) in [5, 5.41) is 0. The van der Waals surface area contributed by atoms with Crippen molar-refractivity contribution in [2.24, 2.45) is 5.73 Å². The number of piperidine rings is 1. The van der Waals surface area contributed by atoms with Crippen molar-refractivity contribution in [1.29, 1.82) is 0 Å². The Kier molecular flexibility index (Phi) is 4.27. The summed E-state index contributed by atoms with van der Waals surface area (Å²) >= 11 is 0. The van der Waals surface area contributed by atoms with Gasteiger partial charge in [-0.05, 0) is 57.0 Å². The van der Waals surface area contributed by atoms with Gasteiger partial charge in [0.15, 0.2) is 0 Å². The van der Waals surface area contributed by atoms with Crippen molar-refractivity contribution in [3.05, 3.63) is 29.8 Å². The summed E-state index contributed by atoms with van der Waals surface area (Å²) < 4.78 is 0. The third-order valence-corrected chi connectivity index (χ3v) is 4.85. The first kappa shape index (κ1) is 13.9. The maximum Gasteiger partial charge on any atom is 0.0366 e. The quantitative estimate of drug-likeness (QED) is 0.919. The van der Waals surface area contributed by atoms with Gasteiger partial charge >= 0.3 is 0 Å². The highest BCUT2D eigenvalue weighted by atomic mass is 15.3. The molecule has 110 valence electrons. The average molecular weight is 273 g/mol. The van der Waals surface area contributed by atoms with Crippen LogP contribution in [0, 0.1) is 0 Å². The molecule has 2 heterocycles. The SMILES string of the molecule is C[C@H](N)c1ccc(N2CCC(N3CCCCC3)C2)cc1. The zero-order valence-electron chi connectivity index (χ0n) is 12.6. The number of nitrogens with two attached hydrogens (primary N) is 1. The molecule has 20 heavy (non-hydrogen) atoms. The molecule has 2 atom stereocenters. The summed E-state index contributed by atoms with van der Waals surface area (Å²) in [6.45, 7) is 7.04. The van der Waals surface area contributed by atoms with E-state index >= 15 is 0 Å². The highest BCUT2D eigenvalue weighted by Gasteiger charge is 2.28. The highest BCUT2D eigenvalue weighted by Crippen LogP contribution is 2.26. The standard InChI is InChI=1S/C17H27N3/c1-14(18)15-5-7-16(8-6-15)20-12-9-17(13-20)19-10-3-2-4-11-19/h5-8,14,17H,2-4,9-13,18H2,1H3/t14-,17?/m0/s1. The van der Waals surface area contributed by atoms with E-state index in [-0.39, 0.29) is 6.04 Å². The van der Waals surface area contributed by atoms with E-state index in [1.165, 1.54) is 63.1 Å². The van der Waals surface area contributed by atoms with Crippen LogP contribution in [0.5, 0.6) is 0 Å². The Morgan fingerprint density at radius 2 is 1.75 bits per heavy atom. The Morgan fingerprint density at radius 3 is 2.40 bits per heavy atom. The number of nitrogens with zero attached hydrogens (tertiary/aromatic N) is 2. The van der Waals surface area contributed by atoms with E-state index in [9.17, 15) is 0 Å². The van der Waals surface area contributed by atoms with E-state index in [0.717, 1.165) is 6.04 Å². The minimum atomic E-state index is 0.128. The lowest BCUT2D eigenvalue weighted by molar-refractivity contribution is 0.175. The minimum absolute atomic E-state index is 0.128. The second kappa shape index (κ2) is 6.15. The summed E-state index contributed by atoms with van der Waals surface area (Å²) in [5.74, 6) is 0. The molecule has 0 aliphatic carbocycles. The van der Waals surface area contributed by atoms with Crippen LogP contribution in [0.2, 0.25) is 0 Å². The zero-order valence-corrected chi connectivity index (χ0v) is 12.6. The lowest BCUT2D eigenvalue weighted by Gasteiger charge is -2.32. The number of benzene rings is 1. The van der Waals surface area contributed by atoms with Gasteiger partial charge in [0, 0.05) is 30.9 Å². The molecular formula is C17H27N3. The number of anilines is 1. The van der Waals surface area contributed by atoms with E-state index in [2.05, 4.69) is 34.1 Å². The van der Waals surface area contributed by atoms with Crippen LogP contribution in [0.1, 0.15) is 44.2 Å². The van der Waals surface area contributed by atoms with Gasteiger partial charge in [0.2, 0.25) is 0 Å². The van der Waals surface area contributed by atoms with Crippen molar-refractivity contribution in [2.75, 3.05) is 31.1 Å². The molecule has 0 bridgehead atoms. The smallest absolute Gasteiger partial charge is 0.0366 e. The van der Waals surface area contributed by atoms with Gasteiger partial charge in [0.25, 0.3) is 0 Å². The van der Waals surface area contributed by atoms with Crippen molar-refractivity contribution >= 4 is 5.69 Å². The first-order valence-corrected chi connectivity index (χ1v) is 8.08. The normalized spacial score (nSPS) is 25.9. The van der Waals surface area contributed by atoms with Crippen molar-refractivity contribution in [3.63, 3.8) is 0 Å². The number of hydrogen-bond acceptors (Lipinski definition) is 3. The van der Waals surface area contributed by atoms with Crippen LogP contribution in [0.3, 0.4) is 0 Å². The lowest BCUT2D eigenvalue weighted by Crippen LogP contribution is -2.40. The fourth-order valence-corrected chi connectivity index (χ4v) is 3.55. The molecule has 0 radical (unpaired) electrons. The summed E-state index contributed by atoms with van der Waals surface area (Å²) in [6, 6.07) is 9.71. The summed E-state index contributed by atoms with van der Waals surface area (Å²) in [5.41, 5.74) is 8.49. The topological polar surface area (TPSA) is 32.5 Å². The molecule has 2 fully saturated rings. The van der Waals surface area contributed by atoms with Crippen LogP contribution in [0.15, 0.2) is 24.3 Å². The Bertz CT molecular complexity index is 420. The molecule has 0 saturated carbocycles. The van der Waals surface area contributed by atoms with E-state index in [1.807, 2.05) is 6.92 Å². The van der Waals surface area contributed by atoms with Gasteiger partial charge in [-0.15, -0.1) is 0 Å². The Morgan fingerprint density at radius 1 is 1.05 bits per heavy atom. The largest absolute Gasteiger partial charge is 0.370 e. The molecule has 2 N–H and O–H groups in total. The number of rotatable bonds is 3. The summed E-state index contributed by atoms with van der Waals surface area (Å²) in [7, 11) is 0. The van der Waals surface area contributed by atoms with Gasteiger partial charge in [0.1, 0.15) is 0 Å². The van der Waals surface area contributed by atoms with Crippen LogP contribution in [-0.2, 0) is 0 Å². The van der Waals surface area contributed by atoms with Gasteiger partial charge in [-0.2, -0.15) is 0 Å². The van der Waals surface area contributed by atoms with Crippen molar-refractivity contribution in [3.8, 4) is 0 Å². The average Bonchev–Trinajstić information content (AvgIpc) is 2.98. The molecule has 2 aliphatic rings. The Hall–Kier alpha value is -1.06. The molecule has 1 unspecified atom stereocenters. The lowest BCUT2D eigenvalue weighted by atomic mass is 10.1. The second-order valence-corrected chi connectivity index (χ2v) is 6.37. The monoisotopic (exact) mass is 273 g/mol. The van der Waals surface area contributed by atoms with Crippen LogP contribution in [-0.4, -0.2) is 37.1 Å². The molecule has 1 aromatic rings. The first-order chi connectivity index (χ1) is 9.74. The van der Waals surface area contributed by atoms with Crippen molar-refractivity contribution in [1.82, 2.24) is 4.90 Å².